The number of carbonyl (C=O) groups excluding carboxylic acids is 1. The smallest absolute Gasteiger partial charge is 0.267 e. The third kappa shape index (κ3) is 3.07. The topological polar surface area (TPSA) is 92.8 Å². The van der Waals surface area contributed by atoms with Gasteiger partial charge in [-0.15, -0.1) is 0 Å². The molecule has 19 heavy (non-hydrogen) atoms. The van der Waals surface area contributed by atoms with Crippen molar-refractivity contribution < 1.29 is 13.2 Å². The highest BCUT2D eigenvalue weighted by Gasteiger charge is 2.40. The van der Waals surface area contributed by atoms with E-state index in [1.165, 1.54) is 0 Å². The lowest BCUT2D eigenvalue weighted by atomic mass is 9.83. The largest absolute Gasteiger partial charge is 0.307 e. The first kappa shape index (κ1) is 15.9. The highest BCUT2D eigenvalue weighted by molar-refractivity contribution is 7.90. The molecule has 6 nitrogen and oxygen atoms in total. The van der Waals surface area contributed by atoms with E-state index in [9.17, 15) is 13.2 Å². The van der Waals surface area contributed by atoms with Crippen LogP contribution in [0.15, 0.2) is 16.1 Å². The Bertz CT molecular complexity index is 606. The van der Waals surface area contributed by atoms with Gasteiger partial charge in [0.1, 0.15) is 0 Å². The lowest BCUT2D eigenvalue weighted by molar-refractivity contribution is -0.119. The molecule has 0 aromatic carbocycles. The van der Waals surface area contributed by atoms with Crippen LogP contribution in [0.2, 0.25) is 0 Å². The Balaban J connectivity index is 3.62. The molecule has 1 aliphatic heterocycles. The molecule has 0 spiro atoms. The number of nitrogens with zero attached hydrogens (tertiary/aromatic N) is 2. The van der Waals surface area contributed by atoms with Crippen LogP contribution in [0.3, 0.4) is 0 Å². The minimum absolute atomic E-state index is 0.245. The molecule has 2 N–H and O–H groups in total. The number of thiocarbonyl (C=S) groups is 1. The van der Waals surface area contributed by atoms with Gasteiger partial charge in [0.15, 0.2) is 0 Å². The highest BCUT2D eigenvalue weighted by atomic mass is 32.2. The number of nitrogens with two attached hydrogens (primary N) is 1. The summed E-state index contributed by atoms with van der Waals surface area (Å²) in [6, 6.07) is 0. The molecular weight excluding hydrogens is 286 g/mol. The molecule has 0 aromatic heterocycles. The van der Waals surface area contributed by atoms with E-state index in [0.29, 0.717) is 15.6 Å². The number of allylic oxidation sites excluding steroid dienone is 1. The second-order valence-corrected chi connectivity index (χ2v) is 7.24. The maximum atomic E-state index is 12.3. The number of carbonyl (C=O) groups is 1. The first-order chi connectivity index (χ1) is 8.37. The minimum atomic E-state index is -4.26. The molecule has 8 heteroatoms. The average molecular weight is 303 g/mol. The zero-order chi connectivity index (χ0) is 15.2. The summed E-state index contributed by atoms with van der Waals surface area (Å²) in [6.45, 7) is 9.04. The summed E-state index contributed by atoms with van der Waals surface area (Å²) in [5.41, 5.74) is 0.948. The molecule has 1 heterocycles. The summed E-state index contributed by atoms with van der Waals surface area (Å²) >= 11 is 4.87. The molecule has 0 unspecified atom stereocenters. The molecule has 0 fully saturated rings. The second kappa shape index (κ2) is 4.77. The zero-order valence-corrected chi connectivity index (χ0v) is 13.1. The summed E-state index contributed by atoms with van der Waals surface area (Å²) in [5, 5.41) is 4.66. The van der Waals surface area contributed by atoms with Crippen LogP contribution < -0.4 is 5.14 Å². The Morgan fingerprint density at radius 1 is 1.32 bits per heavy atom. The fraction of sp³-hybridized carbons (Fsp3) is 0.545. The van der Waals surface area contributed by atoms with Gasteiger partial charge in [0.25, 0.3) is 5.91 Å². The number of aliphatic imine (C=N–C) groups is 1. The lowest BCUT2D eigenvalue weighted by Gasteiger charge is -2.31. The van der Waals surface area contributed by atoms with E-state index in [1.54, 1.807) is 13.8 Å². The minimum Gasteiger partial charge on any atom is -0.267 e. The second-order valence-electron chi connectivity index (χ2n) is 5.48. The first-order valence-corrected chi connectivity index (χ1v) is 7.47. The summed E-state index contributed by atoms with van der Waals surface area (Å²) in [6.07, 6.45) is 0. The van der Waals surface area contributed by atoms with Gasteiger partial charge >= 0.3 is 10.2 Å². The van der Waals surface area contributed by atoms with E-state index in [4.69, 9.17) is 17.4 Å². The molecule has 0 aromatic rings. The molecule has 0 aliphatic carbocycles. The van der Waals surface area contributed by atoms with Crippen LogP contribution in [0.4, 0.5) is 0 Å². The van der Waals surface area contributed by atoms with Gasteiger partial charge < -0.3 is 0 Å². The van der Waals surface area contributed by atoms with Gasteiger partial charge in [0.05, 0.1) is 11.3 Å². The van der Waals surface area contributed by atoms with Gasteiger partial charge in [-0.25, -0.2) is 10.1 Å². The Morgan fingerprint density at radius 3 is 2.11 bits per heavy atom. The average Bonchev–Trinajstić information content (AvgIpc) is 2.11. The molecule has 1 amide bonds. The first-order valence-electron chi connectivity index (χ1n) is 5.55. The van der Waals surface area contributed by atoms with Crippen LogP contribution in [-0.4, -0.2) is 29.5 Å². The van der Waals surface area contributed by atoms with Crippen molar-refractivity contribution in [3.63, 3.8) is 0 Å². The van der Waals surface area contributed by atoms with Crippen molar-refractivity contribution in [1.82, 2.24) is 4.31 Å². The number of rotatable bonds is 1. The molecule has 106 valence electrons. The molecule has 0 atom stereocenters. The van der Waals surface area contributed by atoms with Crippen molar-refractivity contribution in [2.75, 3.05) is 0 Å². The van der Waals surface area contributed by atoms with Crippen LogP contribution in [0, 0.1) is 5.41 Å². The van der Waals surface area contributed by atoms with Gasteiger partial charge in [-0.1, -0.05) is 26.3 Å². The Morgan fingerprint density at radius 2 is 1.79 bits per heavy atom. The lowest BCUT2D eigenvalue weighted by Crippen LogP contribution is -2.50. The van der Waals surface area contributed by atoms with E-state index >= 15 is 0 Å². The molecular formula is C11H17N3O3S2. The van der Waals surface area contributed by atoms with Crippen LogP contribution in [0.5, 0.6) is 0 Å². The third-order valence-corrected chi connectivity index (χ3v) is 3.72. The van der Waals surface area contributed by atoms with Gasteiger partial charge in [-0.2, -0.15) is 12.7 Å². The van der Waals surface area contributed by atoms with Crippen LogP contribution in [-0.2, 0) is 15.0 Å². The van der Waals surface area contributed by atoms with Crippen molar-refractivity contribution in [1.29, 1.82) is 0 Å². The zero-order valence-electron chi connectivity index (χ0n) is 11.5. The van der Waals surface area contributed by atoms with Gasteiger partial charge in [-0.3, -0.25) is 4.79 Å². The molecule has 1 rings (SSSR count). The monoisotopic (exact) mass is 303 g/mol. The normalized spacial score (nSPS) is 17.7. The SMILES string of the molecule is CC(C)=C1C(=O)N(S(N)(=O)=O)C(=S)N=C1C(C)(C)C. The van der Waals surface area contributed by atoms with Crippen molar-refractivity contribution in [3.05, 3.63) is 11.1 Å². The fourth-order valence-electron chi connectivity index (χ4n) is 1.70. The standard InChI is InChI=1S/C11H17N3O3S2/c1-6(2)7-8(11(3,4)5)13-10(18)14(9(7)15)19(12,16)17/h1-5H3,(H2,12,16,17). The van der Waals surface area contributed by atoms with Gasteiger partial charge in [0.2, 0.25) is 5.11 Å². The molecule has 1 aliphatic rings. The molecule has 0 bridgehead atoms. The predicted molar refractivity (Wildman–Crippen MR) is 77.8 cm³/mol. The maximum Gasteiger partial charge on any atom is 0.307 e. The van der Waals surface area contributed by atoms with Crippen molar-refractivity contribution in [2.45, 2.75) is 34.6 Å². The number of hydrogen-bond acceptors (Lipinski definition) is 4. The number of hydrogen-bond donors (Lipinski definition) is 1. The summed E-state index contributed by atoms with van der Waals surface area (Å²) < 4.78 is 23.2. The molecule has 0 radical (unpaired) electrons. The molecule has 0 saturated heterocycles. The van der Waals surface area contributed by atoms with E-state index in [0.717, 1.165) is 0 Å². The highest BCUT2D eigenvalue weighted by Crippen LogP contribution is 2.29. The van der Waals surface area contributed by atoms with Crippen LogP contribution in [0.1, 0.15) is 34.6 Å². The number of amides is 1. The Labute approximate surface area is 118 Å². The summed E-state index contributed by atoms with van der Waals surface area (Å²) in [5.74, 6) is -0.743. The Kier molecular flexibility index (Phi) is 4.00. The summed E-state index contributed by atoms with van der Waals surface area (Å²) in [7, 11) is -4.26. The summed E-state index contributed by atoms with van der Waals surface area (Å²) in [4.78, 5) is 16.4. The molecule has 0 saturated carbocycles. The van der Waals surface area contributed by atoms with Crippen molar-refractivity contribution >= 4 is 39.2 Å². The quantitative estimate of drug-likeness (QED) is 0.580. The predicted octanol–water partition coefficient (Wildman–Crippen LogP) is 1.14. The van der Waals surface area contributed by atoms with Crippen LogP contribution in [0.25, 0.3) is 0 Å². The van der Waals surface area contributed by atoms with Gasteiger partial charge in [-0.05, 0) is 26.1 Å². The third-order valence-electron chi connectivity index (χ3n) is 2.48. The van der Waals surface area contributed by atoms with Crippen molar-refractivity contribution in [2.24, 2.45) is 15.5 Å². The van der Waals surface area contributed by atoms with E-state index in [2.05, 4.69) is 4.99 Å². The van der Waals surface area contributed by atoms with Crippen molar-refractivity contribution in [3.8, 4) is 0 Å². The Hall–Kier alpha value is -1.12. The van der Waals surface area contributed by atoms with E-state index < -0.39 is 21.5 Å². The maximum absolute atomic E-state index is 12.3. The van der Waals surface area contributed by atoms with Crippen LogP contribution >= 0.6 is 12.2 Å². The van der Waals surface area contributed by atoms with Gasteiger partial charge in [0, 0.05) is 5.41 Å². The fourth-order valence-corrected chi connectivity index (χ4v) is 2.77. The van der Waals surface area contributed by atoms with E-state index in [1.807, 2.05) is 20.8 Å². The van der Waals surface area contributed by atoms with E-state index in [-0.39, 0.29) is 10.7 Å².